The third-order valence-corrected chi connectivity index (χ3v) is 7.43. The number of nitrogens with zero attached hydrogens (tertiary/aromatic N) is 2. The Labute approximate surface area is 192 Å². The van der Waals surface area contributed by atoms with Crippen molar-refractivity contribution in [3.05, 3.63) is 70.8 Å². The molecular formula is C28H36N2O2. The van der Waals surface area contributed by atoms with Gasteiger partial charge < -0.3 is 9.80 Å². The molecule has 4 rings (SSSR count). The molecule has 4 nitrogen and oxygen atoms in total. The van der Waals surface area contributed by atoms with Gasteiger partial charge >= 0.3 is 0 Å². The molecule has 1 unspecified atom stereocenters. The topological polar surface area (TPSA) is 40.6 Å². The van der Waals surface area contributed by atoms with Gasteiger partial charge in [-0.15, -0.1) is 0 Å². The van der Waals surface area contributed by atoms with Crippen molar-refractivity contribution in [3.63, 3.8) is 0 Å². The van der Waals surface area contributed by atoms with Crippen molar-refractivity contribution in [1.29, 1.82) is 0 Å². The quantitative estimate of drug-likeness (QED) is 0.673. The molecule has 0 saturated carbocycles. The van der Waals surface area contributed by atoms with E-state index in [4.69, 9.17) is 0 Å². The summed E-state index contributed by atoms with van der Waals surface area (Å²) >= 11 is 0. The second-order valence-electron chi connectivity index (χ2n) is 9.66. The number of likely N-dealkylation sites (tertiary alicyclic amines) is 2. The maximum atomic E-state index is 13.4. The Hall–Kier alpha value is -2.62. The van der Waals surface area contributed by atoms with E-state index in [1.807, 2.05) is 23.1 Å². The normalized spacial score (nSPS) is 20.3. The smallest absolute Gasteiger partial charge is 0.226 e. The summed E-state index contributed by atoms with van der Waals surface area (Å²) < 4.78 is 0. The molecule has 2 aliphatic heterocycles. The van der Waals surface area contributed by atoms with Gasteiger partial charge in [0.25, 0.3) is 0 Å². The maximum absolute atomic E-state index is 13.4. The van der Waals surface area contributed by atoms with E-state index in [0.29, 0.717) is 24.8 Å². The van der Waals surface area contributed by atoms with Gasteiger partial charge in [-0.2, -0.15) is 0 Å². The Morgan fingerprint density at radius 2 is 1.62 bits per heavy atom. The first kappa shape index (κ1) is 22.6. The first-order valence-electron chi connectivity index (χ1n) is 12.2. The number of piperidine rings is 1. The molecule has 0 radical (unpaired) electrons. The molecule has 0 N–H and O–H groups in total. The summed E-state index contributed by atoms with van der Waals surface area (Å²) in [5.74, 6) is 1.04. The van der Waals surface area contributed by atoms with E-state index < -0.39 is 0 Å². The van der Waals surface area contributed by atoms with E-state index in [-0.39, 0.29) is 11.8 Å². The monoisotopic (exact) mass is 432 g/mol. The van der Waals surface area contributed by atoms with Crippen LogP contribution in [0.15, 0.2) is 48.5 Å². The van der Waals surface area contributed by atoms with Gasteiger partial charge in [0.2, 0.25) is 11.8 Å². The fourth-order valence-corrected chi connectivity index (χ4v) is 5.28. The van der Waals surface area contributed by atoms with E-state index >= 15 is 0 Å². The largest absolute Gasteiger partial charge is 0.342 e. The summed E-state index contributed by atoms with van der Waals surface area (Å²) in [6.45, 7) is 7.32. The standard InChI is InChI=1S/C28H36N2O2/c1-21-11-12-24(18-22(21)2)19-27(31)29-16-13-25(14-17-29)26-10-6-7-15-30(28(26)32)20-23-8-4-3-5-9-23/h3-5,8-9,11-12,18,25-26H,6-7,10,13-17,19-20H2,1-2H3. The van der Waals surface area contributed by atoms with Crippen LogP contribution in [0.25, 0.3) is 0 Å². The highest BCUT2D eigenvalue weighted by Crippen LogP contribution is 2.33. The molecule has 2 saturated heterocycles. The van der Waals surface area contributed by atoms with E-state index in [1.165, 1.54) is 16.7 Å². The Kier molecular flexibility index (Phi) is 7.29. The predicted molar refractivity (Wildman–Crippen MR) is 128 cm³/mol. The first-order chi connectivity index (χ1) is 15.5. The van der Waals surface area contributed by atoms with E-state index in [9.17, 15) is 9.59 Å². The minimum absolute atomic E-state index is 0.109. The van der Waals surface area contributed by atoms with Gasteiger partial charge in [-0.25, -0.2) is 0 Å². The van der Waals surface area contributed by atoms with Crippen LogP contribution in [0.5, 0.6) is 0 Å². The average molecular weight is 433 g/mol. The Balaban J connectivity index is 1.33. The molecule has 2 aliphatic rings. The minimum atomic E-state index is 0.109. The fraction of sp³-hybridized carbons (Fsp3) is 0.500. The molecule has 2 aromatic rings. The van der Waals surface area contributed by atoms with Crippen molar-refractivity contribution in [3.8, 4) is 0 Å². The summed E-state index contributed by atoms with van der Waals surface area (Å²) in [6, 6.07) is 16.6. The number of aryl methyl sites for hydroxylation is 2. The highest BCUT2D eigenvalue weighted by Gasteiger charge is 2.35. The number of carbonyl (C=O) groups is 2. The van der Waals surface area contributed by atoms with Gasteiger partial charge in [-0.3, -0.25) is 9.59 Å². The van der Waals surface area contributed by atoms with Gasteiger partial charge in [0.15, 0.2) is 0 Å². The average Bonchev–Trinajstić information content (AvgIpc) is 2.98. The van der Waals surface area contributed by atoms with Crippen LogP contribution in [0.1, 0.15) is 54.4 Å². The first-order valence-corrected chi connectivity index (χ1v) is 12.2. The number of hydrogen-bond acceptors (Lipinski definition) is 2. The number of amides is 2. The van der Waals surface area contributed by atoms with Crippen molar-refractivity contribution >= 4 is 11.8 Å². The van der Waals surface area contributed by atoms with Crippen LogP contribution in [0.2, 0.25) is 0 Å². The molecule has 0 spiro atoms. The van der Waals surface area contributed by atoms with Gasteiger partial charge in [0.05, 0.1) is 6.42 Å². The Bertz CT molecular complexity index is 932. The molecule has 2 fully saturated rings. The van der Waals surface area contributed by atoms with Crippen molar-refractivity contribution in [2.75, 3.05) is 19.6 Å². The lowest BCUT2D eigenvalue weighted by molar-refractivity contribution is -0.138. The summed E-state index contributed by atoms with van der Waals surface area (Å²) in [4.78, 5) is 30.4. The highest BCUT2D eigenvalue weighted by molar-refractivity contribution is 5.80. The van der Waals surface area contributed by atoms with Crippen molar-refractivity contribution in [2.45, 2.75) is 58.9 Å². The second kappa shape index (κ2) is 10.3. The highest BCUT2D eigenvalue weighted by atomic mass is 16.2. The van der Waals surface area contributed by atoms with E-state index in [1.54, 1.807) is 0 Å². The molecule has 0 bridgehead atoms. The zero-order valence-corrected chi connectivity index (χ0v) is 19.6. The Morgan fingerprint density at radius 3 is 2.34 bits per heavy atom. The van der Waals surface area contributed by atoms with Crippen LogP contribution in [-0.4, -0.2) is 41.2 Å². The Morgan fingerprint density at radius 1 is 0.875 bits per heavy atom. The van der Waals surface area contributed by atoms with Crippen LogP contribution in [0.3, 0.4) is 0 Å². The summed E-state index contributed by atoms with van der Waals surface area (Å²) in [5.41, 5.74) is 4.79. The number of hydrogen-bond donors (Lipinski definition) is 0. The van der Waals surface area contributed by atoms with Crippen LogP contribution in [0.4, 0.5) is 0 Å². The van der Waals surface area contributed by atoms with E-state index in [2.05, 4.69) is 49.1 Å². The lowest BCUT2D eigenvalue weighted by atomic mass is 9.81. The zero-order valence-electron chi connectivity index (χ0n) is 19.6. The van der Waals surface area contributed by atoms with Gasteiger partial charge in [0, 0.05) is 32.1 Å². The number of rotatable bonds is 5. The number of carbonyl (C=O) groups excluding carboxylic acids is 2. The third kappa shape index (κ3) is 5.40. The third-order valence-electron chi connectivity index (χ3n) is 7.43. The van der Waals surface area contributed by atoms with Gasteiger partial charge in [-0.1, -0.05) is 55.0 Å². The molecule has 2 aromatic carbocycles. The predicted octanol–water partition coefficient (Wildman–Crippen LogP) is 4.91. The molecular weight excluding hydrogens is 396 g/mol. The maximum Gasteiger partial charge on any atom is 0.226 e. The molecule has 0 aliphatic carbocycles. The van der Waals surface area contributed by atoms with Crippen LogP contribution >= 0.6 is 0 Å². The van der Waals surface area contributed by atoms with Crippen LogP contribution < -0.4 is 0 Å². The molecule has 4 heteroatoms. The van der Waals surface area contributed by atoms with E-state index in [0.717, 1.165) is 57.3 Å². The van der Waals surface area contributed by atoms with Crippen molar-refractivity contribution in [1.82, 2.24) is 9.80 Å². The molecule has 170 valence electrons. The van der Waals surface area contributed by atoms with Crippen LogP contribution in [-0.2, 0) is 22.6 Å². The molecule has 2 amide bonds. The molecule has 1 atom stereocenters. The summed E-state index contributed by atoms with van der Waals surface area (Å²) in [6.07, 6.45) is 5.54. The lowest BCUT2D eigenvalue weighted by Crippen LogP contribution is -2.44. The van der Waals surface area contributed by atoms with Crippen LogP contribution in [0, 0.1) is 25.7 Å². The van der Waals surface area contributed by atoms with Gasteiger partial charge in [-0.05, 0) is 67.7 Å². The van der Waals surface area contributed by atoms with Crippen molar-refractivity contribution < 1.29 is 9.59 Å². The fourth-order valence-electron chi connectivity index (χ4n) is 5.28. The summed E-state index contributed by atoms with van der Waals surface area (Å²) in [7, 11) is 0. The van der Waals surface area contributed by atoms with Crippen molar-refractivity contribution in [2.24, 2.45) is 11.8 Å². The molecule has 32 heavy (non-hydrogen) atoms. The van der Waals surface area contributed by atoms with Gasteiger partial charge in [0.1, 0.15) is 0 Å². The summed E-state index contributed by atoms with van der Waals surface area (Å²) in [5, 5.41) is 0. The molecule has 0 aromatic heterocycles. The minimum Gasteiger partial charge on any atom is -0.342 e. The molecule has 2 heterocycles. The number of benzene rings is 2. The SMILES string of the molecule is Cc1ccc(CC(=O)N2CCC(C3CCCCN(Cc4ccccc4)C3=O)CC2)cc1C. The second-order valence-corrected chi connectivity index (χ2v) is 9.66. The lowest BCUT2D eigenvalue weighted by Gasteiger charge is -2.36. The zero-order chi connectivity index (χ0) is 22.5.